The van der Waals surface area contributed by atoms with Crippen LogP contribution in [0.4, 0.5) is 0 Å². The molecule has 0 aliphatic carbocycles. The molecule has 4 heteroatoms. The quantitative estimate of drug-likeness (QED) is 0.779. The Kier molecular flexibility index (Phi) is 5.91. The van der Waals surface area contributed by atoms with E-state index in [0.29, 0.717) is 19.6 Å². The molecule has 0 aliphatic rings. The van der Waals surface area contributed by atoms with Crippen molar-refractivity contribution in [3.63, 3.8) is 0 Å². The number of esters is 1. The van der Waals surface area contributed by atoms with Crippen LogP contribution in [0, 0.1) is 6.92 Å². The van der Waals surface area contributed by atoms with Gasteiger partial charge in [-0.3, -0.25) is 9.59 Å². The van der Waals surface area contributed by atoms with Gasteiger partial charge in [-0.25, -0.2) is 0 Å². The summed E-state index contributed by atoms with van der Waals surface area (Å²) in [6.07, 6.45) is 0.558. The number of carbonyl (C=O) groups is 2. The average molecular weight is 249 g/mol. The summed E-state index contributed by atoms with van der Waals surface area (Å²) >= 11 is 0. The van der Waals surface area contributed by atoms with E-state index in [2.05, 4.69) is 5.32 Å². The fourth-order valence-electron chi connectivity index (χ4n) is 1.58. The molecule has 1 aromatic rings. The Bertz CT molecular complexity index is 415. The van der Waals surface area contributed by atoms with Gasteiger partial charge >= 0.3 is 5.97 Å². The van der Waals surface area contributed by atoms with Gasteiger partial charge in [-0.1, -0.05) is 24.3 Å². The summed E-state index contributed by atoms with van der Waals surface area (Å²) in [5, 5.41) is 2.71. The van der Waals surface area contributed by atoms with Crippen molar-refractivity contribution in [3.05, 3.63) is 35.4 Å². The van der Waals surface area contributed by atoms with Crippen molar-refractivity contribution in [1.29, 1.82) is 0 Å². The monoisotopic (exact) mass is 249 g/mol. The maximum atomic E-state index is 11.6. The summed E-state index contributed by atoms with van der Waals surface area (Å²) < 4.78 is 4.77. The van der Waals surface area contributed by atoms with E-state index in [1.807, 2.05) is 31.2 Å². The van der Waals surface area contributed by atoms with Crippen LogP contribution in [-0.4, -0.2) is 25.0 Å². The molecule has 18 heavy (non-hydrogen) atoms. The van der Waals surface area contributed by atoms with E-state index in [9.17, 15) is 9.59 Å². The molecule has 1 rings (SSSR count). The molecule has 0 saturated carbocycles. The van der Waals surface area contributed by atoms with E-state index in [4.69, 9.17) is 4.74 Å². The SMILES string of the molecule is CCOC(=O)CCNC(=O)Cc1ccccc1C. The van der Waals surface area contributed by atoms with Crippen molar-refractivity contribution >= 4 is 11.9 Å². The summed E-state index contributed by atoms with van der Waals surface area (Å²) in [6.45, 7) is 4.43. The Morgan fingerprint density at radius 1 is 1.28 bits per heavy atom. The Balaban J connectivity index is 2.30. The number of aryl methyl sites for hydroxylation is 1. The summed E-state index contributed by atoms with van der Waals surface area (Å²) in [4.78, 5) is 22.7. The standard InChI is InChI=1S/C14H19NO3/c1-3-18-14(17)8-9-15-13(16)10-12-7-5-4-6-11(12)2/h4-7H,3,8-10H2,1-2H3,(H,15,16). The number of nitrogens with one attached hydrogen (secondary N) is 1. The average Bonchev–Trinajstić information content (AvgIpc) is 2.32. The molecule has 1 N–H and O–H groups in total. The third-order valence-corrected chi connectivity index (χ3v) is 2.57. The lowest BCUT2D eigenvalue weighted by molar-refractivity contribution is -0.143. The van der Waals surface area contributed by atoms with Crippen LogP contribution in [0.25, 0.3) is 0 Å². The first kappa shape index (κ1) is 14.2. The Morgan fingerprint density at radius 2 is 2.00 bits per heavy atom. The second-order valence-corrected chi connectivity index (χ2v) is 4.01. The zero-order valence-corrected chi connectivity index (χ0v) is 10.9. The largest absolute Gasteiger partial charge is 0.466 e. The van der Waals surface area contributed by atoms with Crippen molar-refractivity contribution in [3.8, 4) is 0 Å². The van der Waals surface area contributed by atoms with Crippen LogP contribution in [0.3, 0.4) is 0 Å². The summed E-state index contributed by atoms with van der Waals surface area (Å²) in [6, 6.07) is 7.76. The van der Waals surface area contributed by atoms with Crippen LogP contribution in [0.2, 0.25) is 0 Å². The van der Waals surface area contributed by atoms with Gasteiger partial charge in [0, 0.05) is 6.54 Å². The summed E-state index contributed by atoms with van der Waals surface area (Å²) in [7, 11) is 0. The number of carbonyl (C=O) groups excluding carboxylic acids is 2. The van der Waals surface area contributed by atoms with Crippen LogP contribution in [0.15, 0.2) is 24.3 Å². The third kappa shape index (κ3) is 4.99. The smallest absolute Gasteiger partial charge is 0.307 e. The minimum Gasteiger partial charge on any atom is -0.466 e. The molecule has 0 spiro atoms. The molecular weight excluding hydrogens is 230 g/mol. The molecule has 4 nitrogen and oxygen atoms in total. The lowest BCUT2D eigenvalue weighted by Gasteiger charge is -2.07. The molecule has 0 radical (unpaired) electrons. The number of benzene rings is 1. The Labute approximate surface area is 107 Å². The molecule has 1 aromatic carbocycles. The number of amides is 1. The highest BCUT2D eigenvalue weighted by Gasteiger charge is 2.06. The van der Waals surface area contributed by atoms with Crippen LogP contribution in [0.1, 0.15) is 24.5 Å². The fraction of sp³-hybridized carbons (Fsp3) is 0.429. The van der Waals surface area contributed by atoms with E-state index in [-0.39, 0.29) is 18.3 Å². The van der Waals surface area contributed by atoms with Crippen LogP contribution in [-0.2, 0) is 20.7 Å². The highest BCUT2D eigenvalue weighted by molar-refractivity contribution is 5.79. The highest BCUT2D eigenvalue weighted by atomic mass is 16.5. The minimum absolute atomic E-state index is 0.0754. The molecule has 0 unspecified atom stereocenters. The minimum atomic E-state index is -0.284. The van der Waals surface area contributed by atoms with Gasteiger partial charge in [0.2, 0.25) is 5.91 Å². The maximum Gasteiger partial charge on any atom is 0.307 e. The second-order valence-electron chi connectivity index (χ2n) is 4.01. The number of ether oxygens (including phenoxy) is 1. The molecule has 0 bridgehead atoms. The van der Waals surface area contributed by atoms with E-state index >= 15 is 0 Å². The normalized spacial score (nSPS) is 9.89. The molecule has 0 aliphatic heterocycles. The van der Waals surface area contributed by atoms with Gasteiger partial charge in [-0.15, -0.1) is 0 Å². The number of hydrogen-bond acceptors (Lipinski definition) is 3. The molecule has 0 atom stereocenters. The molecule has 0 fully saturated rings. The van der Waals surface area contributed by atoms with Gasteiger partial charge in [0.1, 0.15) is 0 Å². The van der Waals surface area contributed by atoms with Crippen molar-refractivity contribution in [1.82, 2.24) is 5.32 Å². The van der Waals surface area contributed by atoms with Crippen LogP contribution < -0.4 is 5.32 Å². The first-order valence-corrected chi connectivity index (χ1v) is 6.10. The topological polar surface area (TPSA) is 55.4 Å². The first-order chi connectivity index (χ1) is 8.63. The predicted octanol–water partition coefficient (Wildman–Crippen LogP) is 1.61. The van der Waals surface area contributed by atoms with E-state index < -0.39 is 0 Å². The molecular formula is C14H19NO3. The maximum absolute atomic E-state index is 11.6. The van der Waals surface area contributed by atoms with Crippen molar-refractivity contribution in [2.24, 2.45) is 0 Å². The van der Waals surface area contributed by atoms with Gasteiger partial charge in [0.05, 0.1) is 19.4 Å². The highest BCUT2D eigenvalue weighted by Crippen LogP contribution is 2.07. The summed E-state index contributed by atoms with van der Waals surface area (Å²) in [5.41, 5.74) is 2.10. The molecule has 1 amide bonds. The first-order valence-electron chi connectivity index (χ1n) is 6.10. The van der Waals surface area contributed by atoms with Gasteiger partial charge < -0.3 is 10.1 Å². The number of rotatable bonds is 6. The number of hydrogen-bond donors (Lipinski definition) is 1. The Morgan fingerprint density at radius 3 is 2.67 bits per heavy atom. The van der Waals surface area contributed by atoms with Crippen molar-refractivity contribution in [2.75, 3.05) is 13.2 Å². The zero-order valence-electron chi connectivity index (χ0n) is 10.9. The Hall–Kier alpha value is -1.84. The lowest BCUT2D eigenvalue weighted by atomic mass is 10.1. The van der Waals surface area contributed by atoms with Crippen molar-refractivity contribution < 1.29 is 14.3 Å². The molecule has 0 aromatic heterocycles. The lowest BCUT2D eigenvalue weighted by Crippen LogP contribution is -2.28. The fourth-order valence-corrected chi connectivity index (χ4v) is 1.58. The van der Waals surface area contributed by atoms with Gasteiger partial charge in [0.25, 0.3) is 0 Å². The van der Waals surface area contributed by atoms with Gasteiger partial charge in [0.15, 0.2) is 0 Å². The zero-order chi connectivity index (χ0) is 13.4. The molecule has 0 heterocycles. The third-order valence-electron chi connectivity index (χ3n) is 2.57. The van der Waals surface area contributed by atoms with E-state index in [0.717, 1.165) is 11.1 Å². The predicted molar refractivity (Wildman–Crippen MR) is 69.1 cm³/mol. The van der Waals surface area contributed by atoms with Crippen LogP contribution >= 0.6 is 0 Å². The van der Waals surface area contributed by atoms with Crippen molar-refractivity contribution in [2.45, 2.75) is 26.7 Å². The van der Waals surface area contributed by atoms with E-state index in [1.54, 1.807) is 6.92 Å². The molecule has 0 saturated heterocycles. The second kappa shape index (κ2) is 7.48. The molecule has 98 valence electrons. The van der Waals surface area contributed by atoms with Gasteiger partial charge in [-0.2, -0.15) is 0 Å². The van der Waals surface area contributed by atoms with Crippen LogP contribution in [0.5, 0.6) is 0 Å². The summed E-state index contributed by atoms with van der Waals surface area (Å²) in [5.74, 6) is -0.359. The van der Waals surface area contributed by atoms with E-state index in [1.165, 1.54) is 0 Å². The van der Waals surface area contributed by atoms with Gasteiger partial charge in [-0.05, 0) is 25.0 Å².